The molecule has 0 aliphatic carbocycles. The quantitative estimate of drug-likeness (QED) is 0.287. The Hall–Kier alpha value is -4.39. The van der Waals surface area contributed by atoms with E-state index in [4.69, 9.17) is 9.47 Å². The van der Waals surface area contributed by atoms with Crippen LogP contribution in [0.1, 0.15) is 0 Å². The van der Waals surface area contributed by atoms with Gasteiger partial charge in [0, 0.05) is 24.0 Å². The zero-order chi connectivity index (χ0) is 21.6. The summed E-state index contributed by atoms with van der Waals surface area (Å²) in [6.45, 7) is 0. The van der Waals surface area contributed by atoms with Crippen LogP contribution < -0.4 is 14.8 Å². The first-order valence-corrected chi connectivity index (χ1v) is 9.51. The number of anilines is 2. The Balaban J connectivity index is 1.56. The predicted molar refractivity (Wildman–Crippen MR) is 119 cm³/mol. The van der Waals surface area contributed by atoms with E-state index < -0.39 is 4.92 Å². The number of methoxy groups -OCH3 is 1. The molecule has 0 aliphatic heterocycles. The number of nitro benzene ring substituents is 1. The van der Waals surface area contributed by atoms with Crippen LogP contribution in [0, 0.1) is 10.1 Å². The van der Waals surface area contributed by atoms with E-state index in [-0.39, 0.29) is 11.4 Å². The molecule has 31 heavy (non-hydrogen) atoms. The number of hydrogen-bond donors (Lipinski definition) is 1. The Labute approximate surface area is 179 Å². The third-order valence-corrected chi connectivity index (χ3v) is 4.55. The van der Waals surface area contributed by atoms with Crippen molar-refractivity contribution in [3.05, 3.63) is 101 Å². The second-order valence-electron chi connectivity index (χ2n) is 6.64. The Morgan fingerprint density at radius 3 is 2.42 bits per heavy atom. The van der Waals surface area contributed by atoms with Gasteiger partial charge < -0.3 is 14.8 Å². The maximum atomic E-state index is 11.3. The van der Waals surface area contributed by atoms with E-state index in [0.717, 1.165) is 17.0 Å². The van der Waals surface area contributed by atoms with Crippen LogP contribution in [-0.2, 0) is 0 Å². The first kappa shape index (κ1) is 19.9. The molecule has 3 aromatic carbocycles. The summed E-state index contributed by atoms with van der Waals surface area (Å²) in [7, 11) is 1.41. The molecule has 7 heteroatoms. The van der Waals surface area contributed by atoms with E-state index in [1.165, 1.54) is 13.2 Å². The minimum absolute atomic E-state index is 0.0860. The van der Waals surface area contributed by atoms with Gasteiger partial charge in [0.15, 0.2) is 5.75 Å². The van der Waals surface area contributed by atoms with Crippen LogP contribution in [0.2, 0.25) is 0 Å². The van der Waals surface area contributed by atoms with Crippen LogP contribution in [0.3, 0.4) is 0 Å². The highest BCUT2D eigenvalue weighted by atomic mass is 16.6. The summed E-state index contributed by atoms with van der Waals surface area (Å²) in [4.78, 5) is 15.2. The van der Waals surface area contributed by atoms with Gasteiger partial charge in [-0.15, -0.1) is 0 Å². The summed E-state index contributed by atoms with van der Waals surface area (Å²) < 4.78 is 10.9. The highest BCUT2D eigenvalue weighted by Gasteiger charge is 2.16. The molecular weight excluding hydrogens is 394 g/mol. The van der Waals surface area contributed by atoms with Crippen molar-refractivity contribution in [3.63, 3.8) is 0 Å². The number of ether oxygens (including phenoxy) is 2. The topological polar surface area (TPSA) is 86.5 Å². The van der Waals surface area contributed by atoms with Gasteiger partial charge in [0.25, 0.3) is 0 Å². The number of nitro groups is 1. The average molecular weight is 413 g/mol. The molecule has 1 aromatic heterocycles. The summed E-state index contributed by atoms with van der Waals surface area (Å²) in [6, 6.07) is 25.6. The molecule has 1 heterocycles. The van der Waals surface area contributed by atoms with Crippen molar-refractivity contribution in [2.45, 2.75) is 0 Å². The van der Waals surface area contributed by atoms with Crippen molar-refractivity contribution in [2.24, 2.45) is 0 Å². The highest BCUT2D eigenvalue weighted by Crippen LogP contribution is 2.33. The third-order valence-electron chi connectivity index (χ3n) is 4.55. The maximum Gasteiger partial charge on any atom is 0.311 e. The molecule has 0 bridgehead atoms. The van der Waals surface area contributed by atoms with Crippen LogP contribution in [0.15, 0.2) is 91.1 Å². The molecule has 7 nitrogen and oxygen atoms in total. The summed E-state index contributed by atoms with van der Waals surface area (Å²) >= 11 is 0. The number of aromatic nitrogens is 1. The Bertz CT molecular complexity index is 1210. The first-order chi connectivity index (χ1) is 15.1. The molecule has 0 atom stereocenters. The molecule has 0 aliphatic rings. The molecule has 0 spiro atoms. The molecule has 0 amide bonds. The molecule has 4 aromatic rings. The zero-order valence-electron chi connectivity index (χ0n) is 16.7. The van der Waals surface area contributed by atoms with Gasteiger partial charge in [0.1, 0.15) is 17.3 Å². The van der Waals surface area contributed by atoms with Crippen LogP contribution in [0.4, 0.5) is 17.2 Å². The van der Waals surface area contributed by atoms with Crippen molar-refractivity contribution in [2.75, 3.05) is 12.4 Å². The number of benzene rings is 3. The smallest absolute Gasteiger partial charge is 0.311 e. The van der Waals surface area contributed by atoms with Gasteiger partial charge in [-0.25, -0.2) is 4.98 Å². The maximum absolute atomic E-state index is 11.3. The number of para-hydroxylation sites is 1. The zero-order valence-corrected chi connectivity index (χ0v) is 16.7. The van der Waals surface area contributed by atoms with Crippen LogP contribution in [0.5, 0.6) is 17.2 Å². The average Bonchev–Trinajstić information content (AvgIpc) is 2.80. The fourth-order valence-corrected chi connectivity index (χ4v) is 3.10. The Morgan fingerprint density at radius 2 is 1.65 bits per heavy atom. The van der Waals surface area contributed by atoms with E-state index in [1.54, 1.807) is 24.4 Å². The summed E-state index contributed by atoms with van der Waals surface area (Å²) in [6.07, 6.45) is 1.65. The highest BCUT2D eigenvalue weighted by molar-refractivity contribution is 5.72. The molecule has 1 N–H and O–H groups in total. The lowest BCUT2D eigenvalue weighted by Crippen LogP contribution is -1.96. The predicted octanol–water partition coefficient (Wildman–Crippen LogP) is 6.20. The molecular formula is C24H19N3O4. The van der Waals surface area contributed by atoms with Crippen molar-refractivity contribution in [1.29, 1.82) is 0 Å². The summed E-state index contributed by atoms with van der Waals surface area (Å²) in [5.74, 6) is 2.27. The van der Waals surface area contributed by atoms with Crippen LogP contribution in [-0.4, -0.2) is 17.0 Å². The van der Waals surface area contributed by atoms with E-state index in [1.807, 2.05) is 60.7 Å². The van der Waals surface area contributed by atoms with Crippen molar-refractivity contribution < 1.29 is 14.4 Å². The first-order valence-electron chi connectivity index (χ1n) is 9.51. The van der Waals surface area contributed by atoms with Gasteiger partial charge in [0.05, 0.1) is 12.0 Å². The third kappa shape index (κ3) is 4.79. The standard InChI is InChI=1S/C24H19N3O4/c1-30-23-11-10-17(14-22(23)27(28)29)18-12-13-25-24(15-18)26-19-6-5-9-21(16-19)31-20-7-3-2-4-8-20/h2-16H,1H3,(H,25,26). The minimum atomic E-state index is -0.457. The molecule has 0 unspecified atom stereocenters. The van der Waals surface area contributed by atoms with Gasteiger partial charge in [-0.2, -0.15) is 0 Å². The molecule has 0 radical (unpaired) electrons. The lowest BCUT2D eigenvalue weighted by molar-refractivity contribution is -0.385. The molecule has 0 saturated carbocycles. The van der Waals surface area contributed by atoms with Gasteiger partial charge in [0.2, 0.25) is 0 Å². The monoisotopic (exact) mass is 413 g/mol. The molecule has 0 saturated heterocycles. The normalized spacial score (nSPS) is 10.4. The number of rotatable bonds is 7. The second-order valence-corrected chi connectivity index (χ2v) is 6.64. The number of nitrogens with zero attached hydrogens (tertiary/aromatic N) is 2. The Morgan fingerprint density at radius 1 is 0.871 bits per heavy atom. The van der Waals surface area contributed by atoms with Crippen molar-refractivity contribution in [3.8, 4) is 28.4 Å². The fraction of sp³-hybridized carbons (Fsp3) is 0.0417. The molecule has 4 rings (SSSR count). The lowest BCUT2D eigenvalue weighted by atomic mass is 10.1. The fourth-order valence-electron chi connectivity index (χ4n) is 3.10. The molecule has 154 valence electrons. The van der Waals surface area contributed by atoms with Crippen molar-refractivity contribution in [1.82, 2.24) is 4.98 Å². The lowest BCUT2D eigenvalue weighted by Gasteiger charge is -2.10. The van der Waals surface area contributed by atoms with Crippen molar-refractivity contribution >= 4 is 17.2 Å². The SMILES string of the molecule is COc1ccc(-c2ccnc(Nc3cccc(Oc4ccccc4)c3)c2)cc1[N+](=O)[O-]. The van der Waals surface area contributed by atoms with Gasteiger partial charge in [-0.3, -0.25) is 10.1 Å². The van der Waals surface area contributed by atoms with Crippen LogP contribution in [0.25, 0.3) is 11.1 Å². The molecule has 0 fully saturated rings. The van der Waals surface area contributed by atoms with E-state index in [9.17, 15) is 10.1 Å². The van der Waals surface area contributed by atoms with Gasteiger partial charge in [-0.05, 0) is 53.6 Å². The minimum Gasteiger partial charge on any atom is -0.490 e. The number of hydrogen-bond acceptors (Lipinski definition) is 6. The Kier molecular flexibility index (Phi) is 5.75. The van der Waals surface area contributed by atoms with E-state index in [0.29, 0.717) is 17.1 Å². The summed E-state index contributed by atoms with van der Waals surface area (Å²) in [5, 5.41) is 14.6. The van der Waals surface area contributed by atoms with Crippen LogP contribution >= 0.6 is 0 Å². The van der Waals surface area contributed by atoms with E-state index >= 15 is 0 Å². The second kappa shape index (κ2) is 8.96. The summed E-state index contributed by atoms with van der Waals surface area (Å²) in [5.41, 5.74) is 2.20. The largest absolute Gasteiger partial charge is 0.490 e. The number of nitrogens with one attached hydrogen (secondary N) is 1. The van der Waals surface area contributed by atoms with E-state index in [2.05, 4.69) is 10.3 Å². The van der Waals surface area contributed by atoms with Gasteiger partial charge in [-0.1, -0.05) is 30.3 Å². The number of pyridine rings is 1. The van der Waals surface area contributed by atoms with Gasteiger partial charge >= 0.3 is 5.69 Å².